The first-order chi connectivity index (χ1) is 6.06. The average molecular weight is 427 g/mol. The molecule has 0 radical (unpaired) electrons. The molecule has 0 aromatic carbocycles. The van der Waals surface area contributed by atoms with Crippen molar-refractivity contribution in [2.24, 2.45) is 0 Å². The van der Waals surface area contributed by atoms with Gasteiger partial charge in [-0.05, 0) is 44.6 Å². The Hall–Kier alpha value is 0.700. The number of hydrogen-bond donors (Lipinski definition) is 0. The van der Waals surface area contributed by atoms with Gasteiger partial charge in [-0.1, -0.05) is 15.9 Å². The summed E-state index contributed by atoms with van der Waals surface area (Å²) in [6.45, 7) is 0. The van der Waals surface area contributed by atoms with Gasteiger partial charge in [0.1, 0.15) is 5.69 Å². The standard InChI is InChI=1S/C7H4Br2F2IN/c8-2-5-6(9)3(12)1-4(13-5)7(10)11/h1,7H,2H2. The maximum Gasteiger partial charge on any atom is 0.280 e. The molecule has 0 unspecified atom stereocenters. The Morgan fingerprint density at radius 1 is 1.54 bits per heavy atom. The van der Waals surface area contributed by atoms with Crippen molar-refractivity contribution in [3.63, 3.8) is 0 Å². The van der Waals surface area contributed by atoms with Gasteiger partial charge in [0.05, 0.1) is 10.2 Å². The first kappa shape index (κ1) is 11.8. The third-order valence-corrected chi connectivity index (χ3v) is 4.36. The third kappa shape index (κ3) is 2.82. The lowest BCUT2D eigenvalue weighted by Gasteiger charge is -2.05. The number of halogens is 5. The molecular weight excluding hydrogens is 423 g/mol. The van der Waals surface area contributed by atoms with Gasteiger partial charge in [-0.25, -0.2) is 13.8 Å². The molecule has 0 bridgehead atoms. The number of pyridine rings is 1. The fraction of sp³-hybridized carbons (Fsp3) is 0.286. The molecule has 0 saturated heterocycles. The van der Waals surface area contributed by atoms with Crippen LogP contribution in [0.25, 0.3) is 0 Å². The molecule has 1 nitrogen and oxygen atoms in total. The van der Waals surface area contributed by atoms with Gasteiger partial charge in [-0.15, -0.1) is 0 Å². The summed E-state index contributed by atoms with van der Waals surface area (Å²) in [5, 5.41) is 0.462. The third-order valence-electron chi connectivity index (χ3n) is 1.35. The second-order valence-electron chi connectivity index (χ2n) is 2.22. The van der Waals surface area contributed by atoms with Crippen LogP contribution in [-0.2, 0) is 5.33 Å². The van der Waals surface area contributed by atoms with E-state index in [0.717, 1.165) is 8.04 Å². The molecule has 0 fully saturated rings. The number of rotatable bonds is 2. The van der Waals surface area contributed by atoms with Gasteiger partial charge >= 0.3 is 0 Å². The number of hydrogen-bond acceptors (Lipinski definition) is 1. The summed E-state index contributed by atoms with van der Waals surface area (Å²) in [5.74, 6) is 0. The minimum atomic E-state index is -2.51. The Kier molecular flexibility index (Phi) is 4.50. The molecule has 0 N–H and O–H groups in total. The molecule has 0 saturated carbocycles. The molecule has 0 amide bonds. The lowest BCUT2D eigenvalue weighted by atomic mass is 10.3. The van der Waals surface area contributed by atoms with E-state index in [2.05, 4.69) is 36.8 Å². The van der Waals surface area contributed by atoms with Crippen LogP contribution in [0.1, 0.15) is 17.8 Å². The molecular formula is C7H4Br2F2IN. The normalized spacial score (nSPS) is 10.9. The van der Waals surface area contributed by atoms with E-state index in [1.165, 1.54) is 6.07 Å². The van der Waals surface area contributed by atoms with Crippen LogP contribution in [0.4, 0.5) is 8.78 Å². The van der Waals surface area contributed by atoms with E-state index in [1.54, 1.807) is 0 Å². The maximum atomic E-state index is 12.3. The molecule has 1 aromatic rings. The summed E-state index contributed by atoms with van der Waals surface area (Å²) < 4.78 is 26.1. The van der Waals surface area contributed by atoms with Crippen LogP contribution in [0, 0.1) is 3.57 Å². The fourth-order valence-corrected chi connectivity index (χ4v) is 2.52. The monoisotopic (exact) mass is 425 g/mol. The van der Waals surface area contributed by atoms with Crippen LogP contribution in [0.2, 0.25) is 0 Å². The van der Waals surface area contributed by atoms with Crippen LogP contribution in [0.3, 0.4) is 0 Å². The summed E-state index contributed by atoms with van der Waals surface area (Å²) >= 11 is 8.45. The molecule has 0 aliphatic heterocycles. The van der Waals surface area contributed by atoms with Gasteiger partial charge in [0, 0.05) is 8.90 Å². The van der Waals surface area contributed by atoms with Crippen molar-refractivity contribution < 1.29 is 8.78 Å². The molecule has 0 spiro atoms. The number of alkyl halides is 3. The SMILES string of the molecule is FC(F)c1cc(I)c(Br)c(CBr)n1. The van der Waals surface area contributed by atoms with Gasteiger partial charge in [0.2, 0.25) is 0 Å². The topological polar surface area (TPSA) is 12.9 Å². The fourth-order valence-electron chi connectivity index (χ4n) is 0.769. The van der Waals surface area contributed by atoms with Crippen molar-refractivity contribution in [3.05, 3.63) is 25.5 Å². The van der Waals surface area contributed by atoms with Gasteiger partial charge in [0.25, 0.3) is 6.43 Å². The van der Waals surface area contributed by atoms with Crippen molar-refractivity contribution >= 4 is 54.5 Å². The minimum Gasteiger partial charge on any atom is -0.250 e. The van der Waals surface area contributed by atoms with Crippen molar-refractivity contribution in [3.8, 4) is 0 Å². The minimum absolute atomic E-state index is 0.179. The van der Waals surface area contributed by atoms with E-state index in [0.29, 0.717) is 11.0 Å². The molecule has 13 heavy (non-hydrogen) atoms. The van der Waals surface area contributed by atoms with E-state index in [1.807, 2.05) is 22.6 Å². The summed E-state index contributed by atoms with van der Waals surface area (Å²) in [6.07, 6.45) is -2.51. The average Bonchev–Trinajstić information content (AvgIpc) is 2.09. The molecule has 0 atom stereocenters. The molecule has 1 heterocycles. The summed E-state index contributed by atoms with van der Waals surface area (Å²) in [6, 6.07) is 1.38. The Morgan fingerprint density at radius 3 is 2.62 bits per heavy atom. The Labute approximate surface area is 105 Å². The van der Waals surface area contributed by atoms with Crippen molar-refractivity contribution in [1.82, 2.24) is 4.98 Å². The van der Waals surface area contributed by atoms with Gasteiger partial charge in [-0.3, -0.25) is 0 Å². The highest BCUT2D eigenvalue weighted by Gasteiger charge is 2.14. The molecule has 0 aliphatic carbocycles. The van der Waals surface area contributed by atoms with E-state index < -0.39 is 6.43 Å². The lowest BCUT2D eigenvalue weighted by Crippen LogP contribution is -1.97. The zero-order chi connectivity index (χ0) is 10.0. The summed E-state index contributed by atoms with van der Waals surface area (Å²) in [4.78, 5) is 3.80. The molecule has 72 valence electrons. The smallest absolute Gasteiger partial charge is 0.250 e. The molecule has 1 rings (SSSR count). The predicted molar refractivity (Wildman–Crippen MR) is 62.2 cm³/mol. The Morgan fingerprint density at radius 2 is 2.15 bits per heavy atom. The lowest BCUT2D eigenvalue weighted by molar-refractivity contribution is 0.145. The van der Waals surface area contributed by atoms with Crippen LogP contribution in [0.5, 0.6) is 0 Å². The highest BCUT2D eigenvalue weighted by atomic mass is 127. The van der Waals surface area contributed by atoms with Gasteiger partial charge in [-0.2, -0.15) is 0 Å². The van der Waals surface area contributed by atoms with E-state index in [9.17, 15) is 8.78 Å². The Bertz CT molecular complexity index is 320. The van der Waals surface area contributed by atoms with Crippen molar-refractivity contribution in [2.75, 3.05) is 0 Å². The molecule has 0 aliphatic rings. The first-order valence-electron chi connectivity index (χ1n) is 3.25. The largest absolute Gasteiger partial charge is 0.280 e. The highest BCUT2D eigenvalue weighted by molar-refractivity contribution is 14.1. The van der Waals surface area contributed by atoms with Gasteiger partial charge in [0.15, 0.2) is 0 Å². The zero-order valence-corrected chi connectivity index (χ0v) is 11.5. The molecule has 6 heteroatoms. The van der Waals surface area contributed by atoms with Crippen LogP contribution >= 0.6 is 54.5 Å². The Balaban J connectivity index is 3.22. The quantitative estimate of drug-likeness (QED) is 0.508. The maximum absolute atomic E-state index is 12.3. The second-order valence-corrected chi connectivity index (χ2v) is 4.74. The molecule has 1 aromatic heterocycles. The predicted octanol–water partition coefficient (Wildman–Crippen LogP) is 4.28. The van der Waals surface area contributed by atoms with Crippen LogP contribution < -0.4 is 0 Å². The van der Waals surface area contributed by atoms with E-state index in [-0.39, 0.29) is 5.69 Å². The van der Waals surface area contributed by atoms with E-state index in [4.69, 9.17) is 0 Å². The highest BCUT2D eigenvalue weighted by Crippen LogP contribution is 2.28. The number of aromatic nitrogens is 1. The van der Waals surface area contributed by atoms with E-state index >= 15 is 0 Å². The van der Waals surface area contributed by atoms with Crippen molar-refractivity contribution in [2.45, 2.75) is 11.8 Å². The first-order valence-corrected chi connectivity index (χ1v) is 6.24. The van der Waals surface area contributed by atoms with Crippen LogP contribution in [0.15, 0.2) is 10.5 Å². The van der Waals surface area contributed by atoms with Crippen molar-refractivity contribution in [1.29, 1.82) is 0 Å². The summed E-state index contributed by atoms with van der Waals surface area (Å²) in [5.41, 5.74) is 0.421. The summed E-state index contributed by atoms with van der Waals surface area (Å²) in [7, 11) is 0. The second kappa shape index (κ2) is 4.97. The van der Waals surface area contributed by atoms with Crippen LogP contribution in [-0.4, -0.2) is 4.98 Å². The van der Waals surface area contributed by atoms with Gasteiger partial charge < -0.3 is 0 Å². The zero-order valence-electron chi connectivity index (χ0n) is 6.20. The number of nitrogens with zero attached hydrogens (tertiary/aromatic N) is 1.